The fourth-order valence-electron chi connectivity index (χ4n) is 3.77. The van der Waals surface area contributed by atoms with Crippen molar-refractivity contribution >= 4 is 17.1 Å². The molecule has 0 aliphatic heterocycles. The molecule has 1 aromatic heterocycles. The van der Waals surface area contributed by atoms with Crippen LogP contribution in [0.5, 0.6) is 0 Å². The summed E-state index contributed by atoms with van der Waals surface area (Å²) in [6.07, 6.45) is 4.65. The fourth-order valence-corrected chi connectivity index (χ4v) is 5.13. The number of aliphatic hydroxyl groups excluding tert-OH is 1. The molecule has 0 saturated carbocycles. The van der Waals surface area contributed by atoms with E-state index in [0.717, 1.165) is 46.8 Å². The molecule has 0 fully saturated rings. The summed E-state index contributed by atoms with van der Waals surface area (Å²) in [5, 5.41) is 12.8. The van der Waals surface area contributed by atoms with Crippen LogP contribution >= 0.6 is 11.3 Å². The molecule has 4 N–H and O–H groups in total. The summed E-state index contributed by atoms with van der Waals surface area (Å²) in [6, 6.07) is 12.2. The quantitative estimate of drug-likeness (QED) is 0.442. The number of aliphatic hydroxyl groups is 1. The molecule has 30 heavy (non-hydrogen) atoms. The van der Waals surface area contributed by atoms with Gasteiger partial charge in [0.15, 0.2) is 0 Å². The molecule has 0 amide bonds. The highest BCUT2D eigenvalue weighted by Crippen LogP contribution is 2.44. The monoisotopic (exact) mass is 428 g/mol. The zero-order valence-electron chi connectivity index (χ0n) is 18.7. The first-order valence-corrected chi connectivity index (χ1v) is 11.6. The number of carbonyl (C=O) groups is 1. The van der Waals surface area contributed by atoms with Gasteiger partial charge in [-0.05, 0) is 50.3 Å². The van der Waals surface area contributed by atoms with Crippen molar-refractivity contribution in [3.05, 3.63) is 69.2 Å². The van der Waals surface area contributed by atoms with E-state index >= 15 is 0 Å². The average Bonchev–Trinajstić information content (AvgIpc) is 3.11. The number of aryl methyl sites for hydroxylation is 2. The molecule has 1 aromatic carbocycles. The predicted molar refractivity (Wildman–Crippen MR) is 126 cm³/mol. The Balaban J connectivity index is 2.22. The Hall–Kier alpha value is -2.11. The molecule has 2 rings (SSSR count). The van der Waals surface area contributed by atoms with Gasteiger partial charge in [0.25, 0.3) is 0 Å². The Kier molecular flexibility index (Phi) is 9.12. The number of ketones is 1. The van der Waals surface area contributed by atoms with Gasteiger partial charge in [-0.25, -0.2) is 0 Å². The van der Waals surface area contributed by atoms with E-state index in [1.54, 1.807) is 11.3 Å². The van der Waals surface area contributed by atoms with Crippen LogP contribution in [0.25, 0.3) is 0 Å². The number of carbonyl (C=O) groups excluding carboxylic acids is 1. The number of thiophene rings is 1. The lowest BCUT2D eigenvalue weighted by Gasteiger charge is -2.33. The third kappa shape index (κ3) is 6.44. The Morgan fingerprint density at radius 2 is 1.97 bits per heavy atom. The fraction of sp³-hybridized carbons (Fsp3) is 0.480. The molecule has 5 heteroatoms. The normalized spacial score (nSPS) is 13.3. The van der Waals surface area contributed by atoms with E-state index < -0.39 is 5.41 Å². The minimum absolute atomic E-state index is 0.0277. The van der Waals surface area contributed by atoms with E-state index in [9.17, 15) is 9.90 Å². The molecule has 1 atom stereocenters. The molecule has 2 aromatic rings. The molecule has 0 saturated heterocycles. The summed E-state index contributed by atoms with van der Waals surface area (Å²) in [6.45, 7) is 9.04. The number of hydrogen-bond donors (Lipinski definition) is 3. The lowest BCUT2D eigenvalue weighted by atomic mass is 9.71. The summed E-state index contributed by atoms with van der Waals surface area (Å²) in [5.41, 5.74) is 8.59. The van der Waals surface area contributed by atoms with Gasteiger partial charge in [0.05, 0.1) is 6.61 Å². The van der Waals surface area contributed by atoms with Crippen molar-refractivity contribution in [3.63, 3.8) is 0 Å². The number of hydrogen-bond acceptors (Lipinski definition) is 5. The summed E-state index contributed by atoms with van der Waals surface area (Å²) < 4.78 is 0. The zero-order chi connectivity index (χ0) is 22.1. The summed E-state index contributed by atoms with van der Waals surface area (Å²) in [4.78, 5) is 15.6. The van der Waals surface area contributed by atoms with Crippen LogP contribution in [0.2, 0.25) is 0 Å². The second-order valence-electron chi connectivity index (χ2n) is 8.39. The van der Waals surface area contributed by atoms with Gasteiger partial charge in [0.1, 0.15) is 5.78 Å². The minimum Gasteiger partial charge on any atom is -0.401 e. The van der Waals surface area contributed by atoms with Crippen LogP contribution in [0.1, 0.15) is 66.8 Å². The number of nitrogens with one attached hydrogen (secondary N) is 1. The van der Waals surface area contributed by atoms with Gasteiger partial charge in [0.2, 0.25) is 0 Å². The zero-order valence-corrected chi connectivity index (χ0v) is 19.5. The van der Waals surface area contributed by atoms with E-state index in [4.69, 9.17) is 5.73 Å². The van der Waals surface area contributed by atoms with E-state index in [1.807, 2.05) is 38.2 Å². The minimum atomic E-state index is -0.517. The van der Waals surface area contributed by atoms with Crippen LogP contribution in [-0.4, -0.2) is 17.4 Å². The van der Waals surface area contributed by atoms with E-state index in [1.165, 1.54) is 5.56 Å². The third-order valence-corrected chi connectivity index (χ3v) is 7.05. The molecular formula is C25H36N2O2S. The molecule has 4 nitrogen and oxygen atoms in total. The van der Waals surface area contributed by atoms with Crippen LogP contribution in [0.3, 0.4) is 0 Å². The Morgan fingerprint density at radius 1 is 1.27 bits per heavy atom. The number of allylic oxidation sites excluding steroid dienone is 1. The van der Waals surface area contributed by atoms with Gasteiger partial charge in [-0.3, -0.25) is 4.79 Å². The number of nitrogens with two attached hydrogens (primary N) is 1. The largest absolute Gasteiger partial charge is 0.401 e. The molecule has 0 spiro atoms. The molecular weight excluding hydrogens is 392 g/mol. The second kappa shape index (κ2) is 11.3. The van der Waals surface area contributed by atoms with Crippen LogP contribution in [0.15, 0.2) is 48.3 Å². The smallest absolute Gasteiger partial charge is 0.139 e. The Morgan fingerprint density at radius 3 is 2.57 bits per heavy atom. The molecule has 0 aliphatic rings. The van der Waals surface area contributed by atoms with E-state index in [-0.39, 0.29) is 18.3 Å². The topological polar surface area (TPSA) is 75.3 Å². The average molecular weight is 429 g/mol. The highest BCUT2D eigenvalue weighted by Gasteiger charge is 2.37. The Bertz CT molecular complexity index is 840. The number of benzene rings is 1. The van der Waals surface area contributed by atoms with Crippen LogP contribution in [-0.2, 0) is 17.8 Å². The van der Waals surface area contributed by atoms with Crippen molar-refractivity contribution in [1.29, 1.82) is 0 Å². The lowest BCUT2D eigenvalue weighted by molar-refractivity contribution is -0.128. The first kappa shape index (κ1) is 24.2. The van der Waals surface area contributed by atoms with E-state index in [0.29, 0.717) is 6.42 Å². The van der Waals surface area contributed by atoms with Crippen LogP contribution in [0.4, 0.5) is 0 Å². The molecule has 0 aliphatic carbocycles. The van der Waals surface area contributed by atoms with Crippen molar-refractivity contribution in [2.75, 3.05) is 6.54 Å². The second-order valence-corrected chi connectivity index (χ2v) is 9.67. The van der Waals surface area contributed by atoms with Gasteiger partial charge in [-0.1, -0.05) is 44.2 Å². The number of Topliss-reactive ketones (excluding diaryl/α,β-unsaturated/α-hetero) is 1. The molecule has 0 radical (unpaired) electrons. The van der Waals surface area contributed by atoms with E-state index in [2.05, 4.69) is 37.4 Å². The van der Waals surface area contributed by atoms with Gasteiger partial charge in [0, 0.05) is 45.9 Å². The molecule has 164 valence electrons. The third-order valence-electron chi connectivity index (χ3n) is 5.84. The van der Waals surface area contributed by atoms with Crippen molar-refractivity contribution in [3.8, 4) is 0 Å². The maximum absolute atomic E-state index is 13.3. The predicted octanol–water partition coefficient (Wildman–Crippen LogP) is 5.05. The summed E-state index contributed by atoms with van der Waals surface area (Å²) in [7, 11) is 0. The summed E-state index contributed by atoms with van der Waals surface area (Å²) in [5.74, 6) is 0.320. The summed E-state index contributed by atoms with van der Waals surface area (Å²) >= 11 is 1.69. The molecule has 0 bridgehead atoms. The maximum Gasteiger partial charge on any atom is 0.139 e. The van der Waals surface area contributed by atoms with Crippen molar-refractivity contribution in [2.45, 2.75) is 65.9 Å². The van der Waals surface area contributed by atoms with Gasteiger partial charge >= 0.3 is 0 Å². The first-order chi connectivity index (χ1) is 14.3. The van der Waals surface area contributed by atoms with Crippen molar-refractivity contribution in [2.24, 2.45) is 11.1 Å². The van der Waals surface area contributed by atoms with Gasteiger partial charge in [-0.15, -0.1) is 11.3 Å². The van der Waals surface area contributed by atoms with Crippen LogP contribution < -0.4 is 11.1 Å². The SMILES string of the molecule is CCN/C=C(\N)CCC(c1cc(CO)c(C)s1)C(C)(C)C(=O)CCc1ccccc1. The van der Waals surface area contributed by atoms with Gasteiger partial charge in [-0.2, -0.15) is 0 Å². The molecule has 1 heterocycles. The van der Waals surface area contributed by atoms with Crippen molar-refractivity contribution in [1.82, 2.24) is 5.32 Å². The van der Waals surface area contributed by atoms with Crippen LogP contribution in [0, 0.1) is 12.3 Å². The highest BCUT2D eigenvalue weighted by molar-refractivity contribution is 7.12. The first-order valence-electron chi connectivity index (χ1n) is 10.7. The Labute approximate surface area is 185 Å². The standard InChI is InChI=1S/C25H36N2O2S/c1-5-27-16-21(26)12-13-22(23-15-20(17-28)18(2)30-23)25(3,4)24(29)14-11-19-9-7-6-8-10-19/h6-10,15-16,22,27-28H,5,11-14,17,26H2,1-4H3/b21-16-. The lowest BCUT2D eigenvalue weighted by Crippen LogP contribution is -2.32. The number of rotatable bonds is 12. The maximum atomic E-state index is 13.3. The van der Waals surface area contributed by atoms with Crippen molar-refractivity contribution < 1.29 is 9.90 Å². The van der Waals surface area contributed by atoms with Gasteiger partial charge < -0.3 is 16.2 Å². The highest BCUT2D eigenvalue weighted by atomic mass is 32.1. The molecule has 1 unspecified atom stereocenters.